The van der Waals surface area contributed by atoms with E-state index in [1.54, 1.807) is 0 Å². The molecule has 0 bridgehead atoms. The standard InChI is InChI=1S/C10H14ClFN2/c1-3-8(6(2)13)10-9(12)4-7(11)5-14-10/h4-6,8H,3,13H2,1-2H3. The lowest BCUT2D eigenvalue weighted by Crippen LogP contribution is -2.25. The Morgan fingerprint density at radius 1 is 1.64 bits per heavy atom. The first-order chi connectivity index (χ1) is 6.56. The Bertz CT molecular complexity index is 315. The van der Waals surface area contributed by atoms with E-state index >= 15 is 0 Å². The van der Waals surface area contributed by atoms with E-state index in [0.717, 1.165) is 6.42 Å². The van der Waals surface area contributed by atoms with Crippen LogP contribution in [0.15, 0.2) is 12.3 Å². The minimum atomic E-state index is -0.373. The van der Waals surface area contributed by atoms with Crippen LogP contribution in [-0.4, -0.2) is 11.0 Å². The second-order valence-corrected chi connectivity index (χ2v) is 3.83. The summed E-state index contributed by atoms with van der Waals surface area (Å²) in [5.74, 6) is -0.422. The third-order valence-corrected chi connectivity index (χ3v) is 2.47. The van der Waals surface area contributed by atoms with E-state index in [4.69, 9.17) is 17.3 Å². The van der Waals surface area contributed by atoms with Gasteiger partial charge in [0.25, 0.3) is 0 Å². The molecule has 0 spiro atoms. The molecule has 1 aromatic heterocycles. The molecule has 2 unspecified atom stereocenters. The summed E-state index contributed by atoms with van der Waals surface area (Å²) in [5, 5.41) is 0.311. The fraction of sp³-hybridized carbons (Fsp3) is 0.500. The minimum Gasteiger partial charge on any atom is -0.327 e. The maximum Gasteiger partial charge on any atom is 0.146 e. The quantitative estimate of drug-likeness (QED) is 0.844. The van der Waals surface area contributed by atoms with E-state index in [0.29, 0.717) is 10.7 Å². The van der Waals surface area contributed by atoms with Gasteiger partial charge in [-0.3, -0.25) is 4.98 Å². The molecule has 0 amide bonds. The van der Waals surface area contributed by atoms with E-state index in [9.17, 15) is 4.39 Å². The number of aromatic nitrogens is 1. The Labute approximate surface area is 88.3 Å². The lowest BCUT2D eigenvalue weighted by molar-refractivity contribution is 0.497. The lowest BCUT2D eigenvalue weighted by Gasteiger charge is -2.18. The van der Waals surface area contributed by atoms with E-state index < -0.39 is 0 Å². The first-order valence-corrected chi connectivity index (χ1v) is 5.00. The average Bonchev–Trinajstić information content (AvgIpc) is 2.09. The normalized spacial score (nSPS) is 15.2. The molecule has 1 aromatic rings. The molecule has 14 heavy (non-hydrogen) atoms. The Morgan fingerprint density at radius 2 is 2.29 bits per heavy atom. The molecule has 0 aliphatic carbocycles. The van der Waals surface area contributed by atoms with E-state index in [-0.39, 0.29) is 17.8 Å². The number of halogens is 2. The van der Waals surface area contributed by atoms with Gasteiger partial charge < -0.3 is 5.73 Å². The SMILES string of the molecule is CCC(c1ncc(Cl)cc1F)C(C)N. The van der Waals surface area contributed by atoms with Crippen LogP contribution in [0.3, 0.4) is 0 Å². The predicted octanol–water partition coefficient (Wildman–Crippen LogP) is 2.71. The Hall–Kier alpha value is -0.670. The second-order valence-electron chi connectivity index (χ2n) is 3.39. The van der Waals surface area contributed by atoms with Crippen molar-refractivity contribution in [1.82, 2.24) is 4.98 Å². The molecule has 2 nitrogen and oxygen atoms in total. The van der Waals surface area contributed by atoms with Gasteiger partial charge in [0.2, 0.25) is 0 Å². The van der Waals surface area contributed by atoms with Gasteiger partial charge >= 0.3 is 0 Å². The van der Waals surface area contributed by atoms with Gasteiger partial charge in [0.1, 0.15) is 5.82 Å². The smallest absolute Gasteiger partial charge is 0.146 e. The van der Waals surface area contributed by atoms with E-state index in [1.807, 2.05) is 13.8 Å². The third kappa shape index (κ3) is 2.42. The molecule has 0 aliphatic heterocycles. The molecule has 2 N–H and O–H groups in total. The highest BCUT2D eigenvalue weighted by atomic mass is 35.5. The highest BCUT2D eigenvalue weighted by Crippen LogP contribution is 2.24. The summed E-state index contributed by atoms with van der Waals surface area (Å²) < 4.78 is 13.4. The number of hydrogen-bond acceptors (Lipinski definition) is 2. The number of rotatable bonds is 3. The molecular weight excluding hydrogens is 203 g/mol. The predicted molar refractivity (Wildman–Crippen MR) is 55.9 cm³/mol. The summed E-state index contributed by atoms with van der Waals surface area (Å²) in [4.78, 5) is 3.98. The van der Waals surface area contributed by atoms with Crippen LogP contribution >= 0.6 is 11.6 Å². The van der Waals surface area contributed by atoms with Crippen LogP contribution in [-0.2, 0) is 0 Å². The van der Waals surface area contributed by atoms with Gasteiger partial charge in [0.15, 0.2) is 0 Å². The van der Waals surface area contributed by atoms with Crippen LogP contribution in [0.4, 0.5) is 4.39 Å². The number of nitrogens with zero attached hydrogens (tertiary/aromatic N) is 1. The maximum atomic E-state index is 13.4. The summed E-state index contributed by atoms with van der Waals surface area (Å²) in [6.07, 6.45) is 2.22. The molecule has 0 saturated heterocycles. The van der Waals surface area contributed by atoms with Crippen molar-refractivity contribution in [1.29, 1.82) is 0 Å². The number of nitrogens with two attached hydrogens (primary N) is 1. The van der Waals surface area contributed by atoms with Gasteiger partial charge in [-0.25, -0.2) is 4.39 Å². The van der Waals surface area contributed by atoms with Crippen molar-refractivity contribution in [3.8, 4) is 0 Å². The fourth-order valence-corrected chi connectivity index (χ4v) is 1.66. The molecule has 2 atom stereocenters. The summed E-state index contributed by atoms with van der Waals surface area (Å²) in [6, 6.07) is 1.16. The van der Waals surface area contributed by atoms with Crippen LogP contribution in [0.25, 0.3) is 0 Å². The van der Waals surface area contributed by atoms with Gasteiger partial charge in [-0.2, -0.15) is 0 Å². The summed E-state index contributed by atoms with van der Waals surface area (Å²) in [7, 11) is 0. The fourth-order valence-electron chi connectivity index (χ4n) is 1.51. The molecule has 1 rings (SSSR count). The Balaban J connectivity index is 3.04. The van der Waals surface area contributed by atoms with Crippen LogP contribution in [0.5, 0.6) is 0 Å². The van der Waals surface area contributed by atoms with Gasteiger partial charge in [-0.1, -0.05) is 18.5 Å². The van der Waals surface area contributed by atoms with Gasteiger partial charge in [-0.05, 0) is 19.4 Å². The summed E-state index contributed by atoms with van der Waals surface area (Å²) in [5.41, 5.74) is 6.16. The van der Waals surface area contributed by atoms with Crippen molar-refractivity contribution < 1.29 is 4.39 Å². The molecule has 0 radical (unpaired) electrons. The van der Waals surface area contributed by atoms with Crippen LogP contribution in [0, 0.1) is 5.82 Å². The zero-order valence-corrected chi connectivity index (χ0v) is 9.05. The largest absolute Gasteiger partial charge is 0.327 e. The van der Waals surface area contributed by atoms with E-state index in [2.05, 4.69) is 4.98 Å². The van der Waals surface area contributed by atoms with Crippen molar-refractivity contribution >= 4 is 11.6 Å². The number of hydrogen-bond donors (Lipinski definition) is 1. The first-order valence-electron chi connectivity index (χ1n) is 4.62. The minimum absolute atomic E-state index is 0.0488. The highest BCUT2D eigenvalue weighted by molar-refractivity contribution is 6.30. The van der Waals surface area contributed by atoms with Crippen molar-refractivity contribution in [2.24, 2.45) is 5.73 Å². The van der Waals surface area contributed by atoms with Gasteiger partial charge in [0.05, 0.1) is 10.7 Å². The topological polar surface area (TPSA) is 38.9 Å². The zero-order valence-electron chi connectivity index (χ0n) is 8.30. The van der Waals surface area contributed by atoms with Crippen molar-refractivity contribution in [3.63, 3.8) is 0 Å². The monoisotopic (exact) mass is 216 g/mol. The highest BCUT2D eigenvalue weighted by Gasteiger charge is 2.19. The zero-order chi connectivity index (χ0) is 10.7. The molecule has 78 valence electrons. The molecule has 0 aliphatic rings. The van der Waals surface area contributed by atoms with Crippen LogP contribution < -0.4 is 5.73 Å². The maximum absolute atomic E-state index is 13.4. The molecule has 4 heteroatoms. The Morgan fingerprint density at radius 3 is 2.71 bits per heavy atom. The lowest BCUT2D eigenvalue weighted by atomic mass is 9.94. The molecule has 0 fully saturated rings. The number of pyridine rings is 1. The molecular formula is C10H14ClFN2. The van der Waals surface area contributed by atoms with E-state index in [1.165, 1.54) is 12.3 Å². The summed E-state index contributed by atoms with van der Waals surface area (Å²) >= 11 is 5.61. The average molecular weight is 217 g/mol. The first kappa shape index (κ1) is 11.4. The molecule has 0 saturated carbocycles. The van der Waals surface area contributed by atoms with Gasteiger partial charge in [0, 0.05) is 18.2 Å². The molecule has 1 heterocycles. The Kier molecular flexibility index (Phi) is 3.84. The van der Waals surface area contributed by atoms with Crippen LogP contribution in [0.1, 0.15) is 31.9 Å². The summed E-state index contributed by atoms with van der Waals surface area (Å²) in [6.45, 7) is 3.81. The molecule has 0 aromatic carbocycles. The second kappa shape index (κ2) is 4.71. The van der Waals surface area contributed by atoms with Crippen molar-refractivity contribution in [2.45, 2.75) is 32.2 Å². The van der Waals surface area contributed by atoms with Crippen molar-refractivity contribution in [2.75, 3.05) is 0 Å². The van der Waals surface area contributed by atoms with Gasteiger partial charge in [-0.15, -0.1) is 0 Å². The van der Waals surface area contributed by atoms with Crippen LogP contribution in [0.2, 0.25) is 5.02 Å². The van der Waals surface area contributed by atoms with Crippen molar-refractivity contribution in [3.05, 3.63) is 28.8 Å². The third-order valence-electron chi connectivity index (χ3n) is 2.26.